The third-order valence-corrected chi connectivity index (χ3v) is 3.17. The second-order valence-corrected chi connectivity index (χ2v) is 4.39. The normalized spacial score (nSPS) is 10.3. The summed E-state index contributed by atoms with van der Waals surface area (Å²) in [5, 5.41) is 13.9. The van der Waals surface area contributed by atoms with Crippen LogP contribution in [0, 0.1) is 10.1 Å². The Morgan fingerprint density at radius 2 is 2.39 bits per heavy atom. The lowest BCUT2D eigenvalue weighted by Crippen LogP contribution is -2.14. The zero-order chi connectivity index (χ0) is 13.1. The summed E-state index contributed by atoms with van der Waals surface area (Å²) >= 11 is 1.25. The van der Waals surface area contributed by atoms with Crippen molar-refractivity contribution in [1.29, 1.82) is 0 Å². The van der Waals surface area contributed by atoms with Gasteiger partial charge in [-0.1, -0.05) is 11.3 Å². The standard InChI is InChI=1S/C10H9N3O4S/c1-17-9(14)5-11-10-12-7-3-2-6(13(15)16)4-8(7)18-10/h2-4H,5H2,1H3,(H,11,12). The predicted molar refractivity (Wildman–Crippen MR) is 66.8 cm³/mol. The number of methoxy groups -OCH3 is 1. The number of hydrogen-bond donors (Lipinski definition) is 1. The molecule has 0 aliphatic rings. The molecule has 18 heavy (non-hydrogen) atoms. The van der Waals surface area contributed by atoms with Gasteiger partial charge in [0.05, 0.1) is 22.2 Å². The number of nitro groups is 1. The lowest BCUT2D eigenvalue weighted by atomic mass is 10.3. The molecule has 1 N–H and O–H groups in total. The number of rotatable bonds is 4. The number of nitro benzene ring substituents is 1. The Morgan fingerprint density at radius 1 is 1.61 bits per heavy atom. The quantitative estimate of drug-likeness (QED) is 0.515. The molecule has 0 saturated carbocycles. The van der Waals surface area contributed by atoms with E-state index in [-0.39, 0.29) is 12.2 Å². The van der Waals surface area contributed by atoms with Crippen LogP contribution >= 0.6 is 11.3 Å². The highest BCUT2D eigenvalue weighted by atomic mass is 32.1. The van der Waals surface area contributed by atoms with E-state index in [1.807, 2.05) is 0 Å². The molecule has 1 aromatic heterocycles. The first-order valence-corrected chi connectivity index (χ1v) is 5.77. The van der Waals surface area contributed by atoms with Gasteiger partial charge in [0.2, 0.25) is 0 Å². The van der Waals surface area contributed by atoms with Crippen LogP contribution in [0.5, 0.6) is 0 Å². The molecule has 0 atom stereocenters. The Bertz CT molecular complexity index is 610. The summed E-state index contributed by atoms with van der Waals surface area (Å²) in [5.74, 6) is -0.403. The molecule has 2 rings (SSSR count). The highest BCUT2D eigenvalue weighted by Gasteiger charge is 2.10. The fourth-order valence-corrected chi connectivity index (χ4v) is 2.22. The van der Waals surface area contributed by atoms with Gasteiger partial charge in [-0.05, 0) is 6.07 Å². The minimum atomic E-state index is -0.458. The van der Waals surface area contributed by atoms with E-state index >= 15 is 0 Å². The van der Waals surface area contributed by atoms with Crippen LogP contribution in [0.3, 0.4) is 0 Å². The van der Waals surface area contributed by atoms with Crippen LogP contribution in [0.2, 0.25) is 0 Å². The number of aromatic nitrogens is 1. The molecular weight excluding hydrogens is 258 g/mol. The number of nitrogens with zero attached hydrogens (tertiary/aromatic N) is 2. The van der Waals surface area contributed by atoms with Crippen LogP contribution in [0.4, 0.5) is 10.8 Å². The summed E-state index contributed by atoms with van der Waals surface area (Å²) in [6.45, 7) is 0.0123. The number of non-ortho nitro benzene ring substituents is 1. The van der Waals surface area contributed by atoms with Crippen molar-refractivity contribution in [3.05, 3.63) is 28.3 Å². The minimum absolute atomic E-state index is 0.0123. The van der Waals surface area contributed by atoms with E-state index in [0.717, 1.165) is 0 Å². The molecule has 0 spiro atoms. The van der Waals surface area contributed by atoms with E-state index in [4.69, 9.17) is 0 Å². The molecule has 0 amide bonds. The highest BCUT2D eigenvalue weighted by Crippen LogP contribution is 2.28. The Kier molecular flexibility index (Phi) is 3.38. The van der Waals surface area contributed by atoms with Gasteiger partial charge < -0.3 is 10.1 Å². The van der Waals surface area contributed by atoms with Crippen LogP contribution in [0.15, 0.2) is 18.2 Å². The van der Waals surface area contributed by atoms with Crippen molar-refractivity contribution in [2.24, 2.45) is 0 Å². The summed E-state index contributed by atoms with van der Waals surface area (Å²) in [5.41, 5.74) is 0.670. The first-order valence-electron chi connectivity index (χ1n) is 4.96. The van der Waals surface area contributed by atoms with Gasteiger partial charge in [0.25, 0.3) is 5.69 Å². The van der Waals surface area contributed by atoms with Gasteiger partial charge >= 0.3 is 5.97 Å². The number of fused-ring (bicyclic) bond motifs is 1. The van der Waals surface area contributed by atoms with Crippen molar-refractivity contribution in [3.63, 3.8) is 0 Å². The SMILES string of the molecule is COC(=O)CNc1nc2ccc([N+](=O)[O-])cc2s1. The average Bonchev–Trinajstić information content (AvgIpc) is 2.77. The van der Waals surface area contributed by atoms with Crippen molar-refractivity contribution in [3.8, 4) is 0 Å². The maximum Gasteiger partial charge on any atom is 0.325 e. The Hall–Kier alpha value is -2.22. The molecule has 8 heteroatoms. The van der Waals surface area contributed by atoms with Gasteiger partial charge in [0.1, 0.15) is 6.54 Å². The number of benzene rings is 1. The van der Waals surface area contributed by atoms with Gasteiger partial charge in [-0.25, -0.2) is 4.98 Å². The summed E-state index contributed by atoms with van der Waals surface area (Å²) in [7, 11) is 1.30. The number of ether oxygens (including phenoxy) is 1. The first kappa shape index (κ1) is 12.2. The summed E-state index contributed by atoms with van der Waals surface area (Å²) in [4.78, 5) is 25.3. The Morgan fingerprint density at radius 3 is 3.06 bits per heavy atom. The van der Waals surface area contributed by atoms with Crippen molar-refractivity contribution in [2.45, 2.75) is 0 Å². The third kappa shape index (κ3) is 2.54. The van der Waals surface area contributed by atoms with Gasteiger partial charge in [-0.3, -0.25) is 14.9 Å². The first-order chi connectivity index (χ1) is 8.60. The fraction of sp³-hybridized carbons (Fsp3) is 0.200. The molecule has 0 aliphatic heterocycles. The molecule has 1 aromatic carbocycles. The summed E-state index contributed by atoms with van der Waals surface area (Å²) < 4.78 is 5.17. The van der Waals surface area contributed by atoms with Crippen molar-refractivity contribution >= 4 is 38.3 Å². The van der Waals surface area contributed by atoms with E-state index in [2.05, 4.69) is 15.0 Å². The van der Waals surface area contributed by atoms with Crippen molar-refractivity contribution in [1.82, 2.24) is 4.98 Å². The monoisotopic (exact) mass is 267 g/mol. The zero-order valence-corrected chi connectivity index (χ0v) is 10.2. The van der Waals surface area contributed by atoms with E-state index in [1.54, 1.807) is 6.07 Å². The molecular formula is C10H9N3O4S. The summed E-state index contributed by atoms with van der Waals surface area (Å²) in [6, 6.07) is 4.43. The molecule has 0 radical (unpaired) electrons. The third-order valence-electron chi connectivity index (χ3n) is 2.19. The molecule has 1 heterocycles. The molecule has 7 nitrogen and oxygen atoms in total. The maximum absolute atomic E-state index is 10.9. The highest BCUT2D eigenvalue weighted by molar-refractivity contribution is 7.22. The number of carbonyl (C=O) groups is 1. The fourth-order valence-electron chi connectivity index (χ4n) is 1.32. The van der Waals surface area contributed by atoms with E-state index in [0.29, 0.717) is 15.3 Å². The molecule has 0 fully saturated rings. The number of anilines is 1. The van der Waals surface area contributed by atoms with Crippen molar-refractivity contribution in [2.75, 3.05) is 19.0 Å². The van der Waals surface area contributed by atoms with Gasteiger partial charge in [0, 0.05) is 12.1 Å². The van der Waals surface area contributed by atoms with Crippen LogP contribution < -0.4 is 5.32 Å². The van der Waals surface area contributed by atoms with Gasteiger partial charge in [-0.15, -0.1) is 0 Å². The number of carbonyl (C=O) groups excluding carboxylic acids is 1. The largest absolute Gasteiger partial charge is 0.468 e. The van der Waals surface area contributed by atoms with E-state index < -0.39 is 10.9 Å². The predicted octanol–water partition coefficient (Wildman–Crippen LogP) is 1.79. The molecule has 0 aliphatic carbocycles. The second kappa shape index (κ2) is 4.96. The number of hydrogen-bond acceptors (Lipinski definition) is 7. The molecule has 0 bridgehead atoms. The zero-order valence-electron chi connectivity index (χ0n) is 9.37. The lowest BCUT2D eigenvalue weighted by Gasteiger charge is -1.98. The maximum atomic E-state index is 10.9. The van der Waals surface area contributed by atoms with Gasteiger partial charge in [0.15, 0.2) is 5.13 Å². The van der Waals surface area contributed by atoms with Crippen LogP contribution in [0.25, 0.3) is 10.2 Å². The Labute approximate surface area is 106 Å². The van der Waals surface area contributed by atoms with Crippen LogP contribution in [-0.2, 0) is 9.53 Å². The average molecular weight is 267 g/mol. The summed E-state index contributed by atoms with van der Waals surface area (Å²) in [6.07, 6.45) is 0. The number of nitrogens with one attached hydrogen (secondary N) is 1. The van der Waals surface area contributed by atoms with Crippen LogP contribution in [-0.4, -0.2) is 29.5 Å². The van der Waals surface area contributed by atoms with E-state index in [1.165, 1.54) is 30.6 Å². The molecule has 94 valence electrons. The molecule has 0 unspecified atom stereocenters. The van der Waals surface area contributed by atoms with Crippen LogP contribution in [0.1, 0.15) is 0 Å². The topological polar surface area (TPSA) is 94.4 Å². The smallest absolute Gasteiger partial charge is 0.325 e. The van der Waals surface area contributed by atoms with E-state index in [9.17, 15) is 14.9 Å². The number of thiazole rings is 1. The Balaban J connectivity index is 2.22. The van der Waals surface area contributed by atoms with Crippen molar-refractivity contribution < 1.29 is 14.5 Å². The lowest BCUT2D eigenvalue weighted by molar-refractivity contribution is -0.384. The second-order valence-electron chi connectivity index (χ2n) is 3.36. The molecule has 2 aromatic rings. The minimum Gasteiger partial charge on any atom is -0.468 e. The van der Waals surface area contributed by atoms with Gasteiger partial charge in [-0.2, -0.15) is 0 Å². The number of esters is 1. The molecule has 0 saturated heterocycles.